The van der Waals surface area contributed by atoms with E-state index >= 15 is 0 Å². The fourth-order valence-corrected chi connectivity index (χ4v) is 4.83. The Morgan fingerprint density at radius 3 is 2.55 bits per heavy atom. The molecule has 0 aliphatic carbocycles. The first-order valence-corrected chi connectivity index (χ1v) is 10.5. The third-order valence-corrected chi connectivity index (χ3v) is 6.93. The maximum atomic E-state index is 12.4. The van der Waals surface area contributed by atoms with E-state index in [2.05, 4.69) is 11.6 Å². The maximum Gasteiger partial charge on any atom is 0.250 e. The molecule has 6 heteroatoms. The van der Waals surface area contributed by atoms with Gasteiger partial charge in [-0.15, -0.1) is 11.3 Å². The summed E-state index contributed by atoms with van der Waals surface area (Å²) in [5.74, 6) is 0.0934. The summed E-state index contributed by atoms with van der Waals surface area (Å²) < 4.78 is 27.8. The Hall–Kier alpha value is -0.430. The van der Waals surface area contributed by atoms with Crippen LogP contribution in [0.2, 0.25) is 0 Å². The molecule has 0 saturated carbocycles. The number of hydrogen-bond donors (Lipinski definition) is 2. The molecule has 0 aromatic carbocycles. The first kappa shape index (κ1) is 19.6. The van der Waals surface area contributed by atoms with Crippen molar-refractivity contribution in [3.63, 3.8) is 0 Å². The van der Waals surface area contributed by atoms with Crippen LogP contribution in [0, 0.1) is 5.92 Å². The van der Waals surface area contributed by atoms with E-state index in [-0.39, 0.29) is 5.92 Å². The molecule has 1 unspecified atom stereocenters. The monoisotopic (exact) mass is 347 g/mol. The Kier molecular flexibility index (Phi) is 8.61. The molecule has 1 aromatic rings. The van der Waals surface area contributed by atoms with Gasteiger partial charge in [0.1, 0.15) is 4.21 Å². The molecule has 0 bridgehead atoms. The van der Waals surface area contributed by atoms with Gasteiger partial charge in [0, 0.05) is 0 Å². The topological polar surface area (TPSA) is 66.4 Å². The van der Waals surface area contributed by atoms with Crippen molar-refractivity contribution in [1.82, 2.24) is 4.72 Å². The quantitative estimate of drug-likeness (QED) is 0.599. The minimum atomic E-state index is -3.54. The molecule has 4 nitrogen and oxygen atoms in total. The van der Waals surface area contributed by atoms with E-state index in [9.17, 15) is 13.5 Å². The van der Waals surface area contributed by atoms with Crippen molar-refractivity contribution in [3.8, 4) is 0 Å². The molecule has 0 fully saturated rings. The van der Waals surface area contributed by atoms with Gasteiger partial charge in [0.2, 0.25) is 10.0 Å². The molecule has 128 valence electrons. The van der Waals surface area contributed by atoms with Crippen LogP contribution in [0.15, 0.2) is 21.7 Å². The first-order chi connectivity index (χ1) is 10.4. The summed E-state index contributed by atoms with van der Waals surface area (Å²) in [4.78, 5) is 0. The number of hydrogen-bond acceptors (Lipinski definition) is 4. The van der Waals surface area contributed by atoms with Crippen molar-refractivity contribution in [2.75, 3.05) is 0 Å². The summed E-state index contributed by atoms with van der Waals surface area (Å²) >= 11 is 1.20. The number of sulfonamides is 1. The Labute approximate surface area is 139 Å². The summed E-state index contributed by atoms with van der Waals surface area (Å²) in [6.07, 6.45) is 5.14. The number of rotatable bonds is 11. The molecular formula is C16H29NO3S2. The lowest BCUT2D eigenvalue weighted by atomic mass is 9.92. The molecule has 3 atom stereocenters. The zero-order valence-electron chi connectivity index (χ0n) is 13.8. The summed E-state index contributed by atoms with van der Waals surface area (Å²) in [5, 5.41) is 12.2. The van der Waals surface area contributed by atoms with Crippen LogP contribution in [0.25, 0.3) is 0 Å². The molecule has 22 heavy (non-hydrogen) atoms. The summed E-state index contributed by atoms with van der Waals surface area (Å²) in [7, 11) is -3.54. The second kappa shape index (κ2) is 9.65. The number of nitrogens with one attached hydrogen (secondary N) is 1. The Bertz CT molecular complexity index is 499. The maximum absolute atomic E-state index is 12.4. The summed E-state index contributed by atoms with van der Waals surface area (Å²) in [6.45, 7) is 6.14. The van der Waals surface area contributed by atoms with E-state index in [1.54, 1.807) is 17.5 Å². The molecule has 0 aliphatic rings. The van der Waals surface area contributed by atoms with Crippen molar-refractivity contribution >= 4 is 21.4 Å². The molecular weight excluding hydrogens is 318 g/mol. The third-order valence-electron chi connectivity index (χ3n) is 4.08. The smallest absolute Gasteiger partial charge is 0.250 e. The van der Waals surface area contributed by atoms with Gasteiger partial charge in [-0.2, -0.15) is 0 Å². The van der Waals surface area contributed by atoms with Gasteiger partial charge in [-0.1, -0.05) is 58.9 Å². The molecule has 0 amide bonds. The zero-order chi connectivity index (χ0) is 16.6. The summed E-state index contributed by atoms with van der Waals surface area (Å²) in [6, 6.07) is 2.88. The first-order valence-electron chi connectivity index (χ1n) is 8.16. The van der Waals surface area contributed by atoms with E-state index in [0.717, 1.165) is 32.1 Å². The predicted octanol–water partition coefficient (Wildman–Crippen LogP) is 3.77. The molecule has 1 aromatic heterocycles. The van der Waals surface area contributed by atoms with Crippen molar-refractivity contribution in [3.05, 3.63) is 17.5 Å². The van der Waals surface area contributed by atoms with Crippen LogP contribution in [-0.2, 0) is 10.0 Å². The number of unbranched alkanes of at least 4 members (excludes halogenated alkanes) is 3. The van der Waals surface area contributed by atoms with Crippen LogP contribution in [0.1, 0.15) is 59.3 Å². The van der Waals surface area contributed by atoms with Crippen molar-refractivity contribution in [2.45, 2.75) is 75.7 Å². The van der Waals surface area contributed by atoms with E-state index in [1.165, 1.54) is 11.3 Å². The van der Waals surface area contributed by atoms with E-state index < -0.39 is 22.2 Å². The zero-order valence-corrected chi connectivity index (χ0v) is 15.4. The predicted molar refractivity (Wildman–Crippen MR) is 92.6 cm³/mol. The highest BCUT2D eigenvalue weighted by molar-refractivity contribution is 7.91. The molecule has 1 heterocycles. The van der Waals surface area contributed by atoms with Gasteiger partial charge >= 0.3 is 0 Å². The minimum absolute atomic E-state index is 0.0934. The molecule has 0 radical (unpaired) electrons. The van der Waals surface area contributed by atoms with Gasteiger partial charge in [0.15, 0.2) is 0 Å². The average molecular weight is 348 g/mol. The van der Waals surface area contributed by atoms with E-state index in [0.29, 0.717) is 10.6 Å². The van der Waals surface area contributed by atoms with Crippen molar-refractivity contribution < 1.29 is 13.5 Å². The fourth-order valence-electron chi connectivity index (χ4n) is 2.44. The van der Waals surface area contributed by atoms with Crippen molar-refractivity contribution in [2.24, 2.45) is 5.92 Å². The van der Waals surface area contributed by atoms with Gasteiger partial charge < -0.3 is 5.11 Å². The normalized spacial score (nSPS) is 16.4. The second-order valence-corrected chi connectivity index (χ2v) is 8.77. The molecule has 0 spiro atoms. The second-order valence-electron chi connectivity index (χ2n) is 5.88. The van der Waals surface area contributed by atoms with E-state index in [1.807, 2.05) is 13.8 Å². The lowest BCUT2D eigenvalue weighted by Crippen LogP contribution is -2.47. The van der Waals surface area contributed by atoms with Crippen LogP contribution >= 0.6 is 11.3 Å². The highest BCUT2D eigenvalue weighted by Gasteiger charge is 2.29. The van der Waals surface area contributed by atoms with Crippen LogP contribution in [-0.4, -0.2) is 25.7 Å². The Balaban J connectivity index is 2.72. The molecule has 0 aliphatic heterocycles. The van der Waals surface area contributed by atoms with Crippen LogP contribution in [0.4, 0.5) is 0 Å². The lowest BCUT2D eigenvalue weighted by molar-refractivity contribution is 0.100. The van der Waals surface area contributed by atoms with Crippen LogP contribution in [0.5, 0.6) is 0 Å². The average Bonchev–Trinajstić information content (AvgIpc) is 3.03. The van der Waals surface area contributed by atoms with Gasteiger partial charge in [0.25, 0.3) is 0 Å². The lowest BCUT2D eigenvalue weighted by Gasteiger charge is -2.28. The number of thiophene rings is 1. The van der Waals surface area contributed by atoms with Crippen LogP contribution < -0.4 is 4.72 Å². The van der Waals surface area contributed by atoms with Gasteiger partial charge in [0.05, 0.1) is 12.1 Å². The molecule has 2 N–H and O–H groups in total. The largest absolute Gasteiger partial charge is 0.391 e. The third kappa shape index (κ3) is 5.99. The molecule has 0 saturated heterocycles. The Morgan fingerprint density at radius 1 is 1.27 bits per heavy atom. The Morgan fingerprint density at radius 2 is 2.00 bits per heavy atom. The number of aliphatic hydroxyl groups is 1. The highest BCUT2D eigenvalue weighted by atomic mass is 32.2. The minimum Gasteiger partial charge on any atom is -0.391 e. The highest BCUT2D eigenvalue weighted by Crippen LogP contribution is 2.21. The number of aliphatic hydroxyl groups excluding tert-OH is 1. The summed E-state index contributed by atoms with van der Waals surface area (Å²) in [5.41, 5.74) is 0. The fraction of sp³-hybridized carbons (Fsp3) is 0.750. The van der Waals surface area contributed by atoms with E-state index in [4.69, 9.17) is 0 Å². The van der Waals surface area contributed by atoms with Gasteiger partial charge in [-0.05, 0) is 23.8 Å². The van der Waals surface area contributed by atoms with Gasteiger partial charge in [-0.25, -0.2) is 13.1 Å². The molecule has 1 rings (SSSR count). The van der Waals surface area contributed by atoms with Crippen molar-refractivity contribution in [1.29, 1.82) is 0 Å². The van der Waals surface area contributed by atoms with Crippen LogP contribution in [0.3, 0.4) is 0 Å². The SMILES string of the molecule is CCCCCCC(O)[C@@H](NS(=O)(=O)c1cccs1)[C@@H](C)CC. The standard InChI is InChI=1S/C16H29NO3S2/c1-4-6-7-8-10-14(18)16(13(3)5-2)17-22(19,20)15-11-9-12-21-15/h9,11-14,16-18H,4-8,10H2,1-3H3/t13-,14?,16-/m0/s1. The van der Waals surface area contributed by atoms with Gasteiger partial charge in [-0.3, -0.25) is 0 Å².